The second kappa shape index (κ2) is 4.96. The molecular formula is C16H18N4. The van der Waals surface area contributed by atoms with Crippen LogP contribution in [0.5, 0.6) is 0 Å². The Morgan fingerprint density at radius 3 is 2.40 bits per heavy atom. The lowest BCUT2D eigenvalue weighted by molar-refractivity contribution is 0.560. The van der Waals surface area contributed by atoms with E-state index >= 15 is 0 Å². The highest BCUT2D eigenvalue weighted by molar-refractivity contribution is 5.74. The van der Waals surface area contributed by atoms with Crippen LogP contribution in [0.4, 0.5) is 5.69 Å². The van der Waals surface area contributed by atoms with Crippen molar-refractivity contribution in [2.24, 2.45) is 0 Å². The fourth-order valence-corrected chi connectivity index (χ4v) is 2.37. The van der Waals surface area contributed by atoms with Crippen molar-refractivity contribution < 1.29 is 0 Å². The van der Waals surface area contributed by atoms with Gasteiger partial charge >= 0.3 is 0 Å². The lowest BCUT2D eigenvalue weighted by atomic mass is 10.1. The topological polar surface area (TPSA) is 34.0 Å². The van der Waals surface area contributed by atoms with Crippen molar-refractivity contribution in [3.63, 3.8) is 0 Å². The van der Waals surface area contributed by atoms with E-state index in [4.69, 9.17) is 0 Å². The molecule has 3 aromatic rings. The van der Waals surface area contributed by atoms with Crippen LogP contribution in [-0.2, 0) is 0 Å². The molecule has 0 radical (unpaired) electrons. The molecule has 1 aromatic heterocycles. The smallest absolute Gasteiger partial charge is 0.113 e. The van der Waals surface area contributed by atoms with E-state index < -0.39 is 0 Å². The van der Waals surface area contributed by atoms with Crippen LogP contribution in [0.25, 0.3) is 11.0 Å². The van der Waals surface area contributed by atoms with Crippen molar-refractivity contribution in [2.75, 3.05) is 19.0 Å². The van der Waals surface area contributed by atoms with Crippen molar-refractivity contribution >= 4 is 16.7 Å². The van der Waals surface area contributed by atoms with Crippen molar-refractivity contribution in [1.29, 1.82) is 0 Å². The van der Waals surface area contributed by atoms with Gasteiger partial charge in [-0.05, 0) is 36.8 Å². The van der Waals surface area contributed by atoms with Crippen molar-refractivity contribution in [1.82, 2.24) is 15.0 Å². The van der Waals surface area contributed by atoms with Crippen LogP contribution in [-0.4, -0.2) is 29.1 Å². The Bertz CT molecular complexity index is 713. The summed E-state index contributed by atoms with van der Waals surface area (Å²) in [7, 11) is 4.09. The third-order valence-corrected chi connectivity index (χ3v) is 3.64. The first-order valence-corrected chi connectivity index (χ1v) is 6.74. The highest BCUT2D eigenvalue weighted by Gasteiger charge is 2.12. The molecule has 0 saturated carbocycles. The maximum Gasteiger partial charge on any atom is 0.113 e. The summed E-state index contributed by atoms with van der Waals surface area (Å²) < 4.78 is 1.97. The van der Waals surface area contributed by atoms with E-state index in [0.717, 1.165) is 11.0 Å². The Morgan fingerprint density at radius 2 is 1.70 bits per heavy atom. The monoisotopic (exact) mass is 266 g/mol. The van der Waals surface area contributed by atoms with Gasteiger partial charge in [0.25, 0.3) is 0 Å². The van der Waals surface area contributed by atoms with Crippen LogP contribution in [0, 0.1) is 0 Å². The number of benzene rings is 2. The number of nitrogens with zero attached hydrogens (tertiary/aromatic N) is 4. The van der Waals surface area contributed by atoms with Gasteiger partial charge in [0.05, 0.1) is 11.6 Å². The minimum absolute atomic E-state index is 0.165. The van der Waals surface area contributed by atoms with Crippen LogP contribution < -0.4 is 4.90 Å². The van der Waals surface area contributed by atoms with E-state index in [1.807, 2.05) is 37.0 Å². The van der Waals surface area contributed by atoms with Gasteiger partial charge in [-0.1, -0.05) is 29.5 Å². The number of hydrogen-bond acceptors (Lipinski definition) is 3. The van der Waals surface area contributed by atoms with Crippen LogP contribution in [0.3, 0.4) is 0 Å². The molecule has 0 bridgehead atoms. The molecule has 0 aliphatic carbocycles. The van der Waals surface area contributed by atoms with Crippen molar-refractivity contribution in [3.8, 4) is 0 Å². The maximum atomic E-state index is 4.29. The first kappa shape index (κ1) is 12.7. The van der Waals surface area contributed by atoms with Gasteiger partial charge in [0.1, 0.15) is 5.52 Å². The largest absolute Gasteiger partial charge is 0.378 e. The highest BCUT2D eigenvalue weighted by atomic mass is 15.4. The van der Waals surface area contributed by atoms with Gasteiger partial charge in [-0.3, -0.25) is 0 Å². The number of anilines is 1. The molecule has 20 heavy (non-hydrogen) atoms. The number of aromatic nitrogens is 3. The summed E-state index contributed by atoms with van der Waals surface area (Å²) in [6.45, 7) is 2.14. The summed E-state index contributed by atoms with van der Waals surface area (Å²) >= 11 is 0. The average Bonchev–Trinajstić information content (AvgIpc) is 2.90. The number of para-hydroxylation sites is 1. The normalized spacial score (nSPS) is 12.6. The summed E-state index contributed by atoms with van der Waals surface area (Å²) in [5.41, 5.74) is 4.43. The lowest BCUT2D eigenvalue weighted by Crippen LogP contribution is -2.10. The Labute approximate surface area is 118 Å². The van der Waals surface area contributed by atoms with Crippen LogP contribution in [0.15, 0.2) is 48.5 Å². The fraction of sp³-hybridized carbons (Fsp3) is 0.250. The zero-order chi connectivity index (χ0) is 14.1. The second-order valence-corrected chi connectivity index (χ2v) is 5.18. The van der Waals surface area contributed by atoms with Crippen molar-refractivity contribution in [2.45, 2.75) is 13.0 Å². The zero-order valence-electron chi connectivity index (χ0n) is 12.0. The molecule has 0 spiro atoms. The predicted molar refractivity (Wildman–Crippen MR) is 82.1 cm³/mol. The van der Waals surface area contributed by atoms with Gasteiger partial charge in [-0.2, -0.15) is 0 Å². The van der Waals surface area contributed by atoms with Gasteiger partial charge in [0, 0.05) is 19.8 Å². The van der Waals surface area contributed by atoms with Crippen LogP contribution >= 0.6 is 0 Å². The molecule has 0 aliphatic rings. The third kappa shape index (κ3) is 2.13. The molecule has 102 valence electrons. The lowest BCUT2D eigenvalue weighted by Gasteiger charge is -2.16. The molecule has 0 amide bonds. The molecule has 0 saturated heterocycles. The predicted octanol–water partition coefficient (Wildman–Crippen LogP) is 3.11. The molecule has 1 unspecified atom stereocenters. The Kier molecular flexibility index (Phi) is 3.14. The standard InChI is InChI=1S/C16H18N4/c1-12(13-8-10-14(11-9-13)19(2)3)20-16-7-5-4-6-15(16)17-18-20/h4-12H,1-3H3. The summed E-state index contributed by atoms with van der Waals surface area (Å²) in [5.74, 6) is 0. The average molecular weight is 266 g/mol. The van der Waals surface area contributed by atoms with Gasteiger partial charge in [0.2, 0.25) is 0 Å². The van der Waals surface area contributed by atoms with E-state index in [9.17, 15) is 0 Å². The van der Waals surface area contributed by atoms with Gasteiger partial charge in [0.15, 0.2) is 0 Å². The molecular weight excluding hydrogens is 248 g/mol. The Hall–Kier alpha value is -2.36. The summed E-state index contributed by atoms with van der Waals surface area (Å²) in [6, 6.07) is 16.8. The van der Waals surface area contributed by atoms with Crippen LogP contribution in [0.1, 0.15) is 18.5 Å². The molecule has 2 aromatic carbocycles. The zero-order valence-corrected chi connectivity index (χ0v) is 12.0. The molecule has 4 nitrogen and oxygen atoms in total. The highest BCUT2D eigenvalue weighted by Crippen LogP contribution is 2.23. The van der Waals surface area contributed by atoms with E-state index in [0.29, 0.717) is 0 Å². The van der Waals surface area contributed by atoms with E-state index in [1.54, 1.807) is 0 Å². The maximum absolute atomic E-state index is 4.29. The Balaban J connectivity index is 1.97. The molecule has 0 fully saturated rings. The molecule has 4 heteroatoms. The first-order valence-electron chi connectivity index (χ1n) is 6.74. The number of hydrogen-bond donors (Lipinski definition) is 0. The number of fused-ring (bicyclic) bond motifs is 1. The SMILES string of the molecule is CC(c1ccc(N(C)C)cc1)n1nnc2ccccc21. The van der Waals surface area contributed by atoms with Gasteiger partial charge < -0.3 is 4.90 Å². The minimum atomic E-state index is 0.165. The molecule has 3 rings (SSSR count). The van der Waals surface area contributed by atoms with Crippen LogP contribution in [0.2, 0.25) is 0 Å². The minimum Gasteiger partial charge on any atom is -0.378 e. The van der Waals surface area contributed by atoms with Gasteiger partial charge in [-0.25, -0.2) is 4.68 Å². The van der Waals surface area contributed by atoms with E-state index in [1.165, 1.54) is 11.3 Å². The summed E-state index contributed by atoms with van der Waals surface area (Å²) in [6.07, 6.45) is 0. The summed E-state index contributed by atoms with van der Waals surface area (Å²) in [5, 5.41) is 8.50. The molecule has 1 heterocycles. The van der Waals surface area contributed by atoms with E-state index in [2.05, 4.69) is 52.5 Å². The van der Waals surface area contributed by atoms with Gasteiger partial charge in [-0.15, -0.1) is 5.10 Å². The number of rotatable bonds is 3. The quantitative estimate of drug-likeness (QED) is 0.730. The first-order chi connectivity index (χ1) is 9.66. The van der Waals surface area contributed by atoms with E-state index in [-0.39, 0.29) is 6.04 Å². The van der Waals surface area contributed by atoms with Crippen molar-refractivity contribution in [3.05, 3.63) is 54.1 Å². The molecule has 0 N–H and O–H groups in total. The molecule has 0 aliphatic heterocycles. The molecule has 1 atom stereocenters. The Morgan fingerprint density at radius 1 is 1.00 bits per heavy atom. The third-order valence-electron chi connectivity index (χ3n) is 3.64. The summed E-state index contributed by atoms with van der Waals surface area (Å²) in [4.78, 5) is 2.10. The second-order valence-electron chi connectivity index (χ2n) is 5.18. The fourth-order valence-electron chi connectivity index (χ4n) is 2.37.